The lowest BCUT2D eigenvalue weighted by atomic mass is 9.62. The lowest BCUT2D eigenvalue weighted by Crippen LogP contribution is -2.54. The SMILES string of the molecule is CC(CC1(F)CC2CC1C1C3CCC(C3)C21)(C(F)(F)F)C(F)(F)F. The van der Waals surface area contributed by atoms with Crippen LogP contribution in [0.3, 0.4) is 0 Å². The van der Waals surface area contributed by atoms with Gasteiger partial charge in [-0.2, -0.15) is 26.3 Å². The predicted octanol–water partition coefficient (Wildman–Crippen LogP) is 5.92. The average molecular weight is 358 g/mol. The first-order chi connectivity index (χ1) is 10.9. The van der Waals surface area contributed by atoms with Gasteiger partial charge in [0.05, 0.1) is 0 Å². The summed E-state index contributed by atoms with van der Waals surface area (Å²) in [5.41, 5.74) is -6.32. The van der Waals surface area contributed by atoms with Crippen molar-refractivity contribution in [3.63, 3.8) is 0 Å². The zero-order chi connectivity index (χ0) is 17.7. The fraction of sp³-hybridized carbons (Fsp3) is 1.00. The minimum Gasteiger partial charge on any atom is -0.244 e. The zero-order valence-corrected chi connectivity index (χ0v) is 13.4. The zero-order valence-electron chi connectivity index (χ0n) is 13.4. The topological polar surface area (TPSA) is 0 Å². The molecule has 4 rings (SSSR count). The van der Waals surface area contributed by atoms with Crippen LogP contribution in [-0.2, 0) is 0 Å². The summed E-state index contributed by atoms with van der Waals surface area (Å²) in [6, 6.07) is 0. The van der Waals surface area contributed by atoms with Gasteiger partial charge in [-0.05, 0) is 74.5 Å². The summed E-state index contributed by atoms with van der Waals surface area (Å²) in [5, 5.41) is 0. The van der Waals surface area contributed by atoms with Crippen molar-refractivity contribution in [1.82, 2.24) is 0 Å². The van der Waals surface area contributed by atoms with E-state index < -0.39 is 35.8 Å². The monoisotopic (exact) mass is 358 g/mol. The van der Waals surface area contributed by atoms with E-state index in [1.165, 1.54) is 0 Å². The first-order valence-corrected chi connectivity index (χ1v) is 8.70. The smallest absolute Gasteiger partial charge is 0.244 e. The Morgan fingerprint density at radius 3 is 1.92 bits per heavy atom. The minimum atomic E-state index is -5.50. The van der Waals surface area contributed by atoms with E-state index >= 15 is 4.39 Å². The molecule has 0 nitrogen and oxygen atoms in total. The van der Waals surface area contributed by atoms with Gasteiger partial charge in [0.15, 0.2) is 5.41 Å². The van der Waals surface area contributed by atoms with Crippen LogP contribution in [0, 0.1) is 40.9 Å². The fourth-order valence-corrected chi connectivity index (χ4v) is 6.83. The van der Waals surface area contributed by atoms with Gasteiger partial charge < -0.3 is 0 Å². The summed E-state index contributed by atoms with van der Waals surface area (Å²) < 4.78 is 94.7. The molecule has 0 heterocycles. The molecular weight excluding hydrogens is 337 g/mol. The molecule has 0 N–H and O–H groups in total. The Balaban J connectivity index is 1.63. The quantitative estimate of drug-likeness (QED) is 0.425. The maximum absolute atomic E-state index is 15.5. The maximum Gasteiger partial charge on any atom is 0.403 e. The Hall–Kier alpha value is -0.490. The summed E-state index contributed by atoms with van der Waals surface area (Å²) in [7, 11) is 0. The molecule has 24 heavy (non-hydrogen) atoms. The van der Waals surface area contributed by atoms with E-state index in [2.05, 4.69) is 0 Å². The van der Waals surface area contributed by atoms with E-state index in [0.29, 0.717) is 24.2 Å². The second-order valence-corrected chi connectivity index (χ2v) is 8.83. The molecule has 4 bridgehead atoms. The highest BCUT2D eigenvalue weighted by molar-refractivity contribution is 5.17. The van der Waals surface area contributed by atoms with Crippen molar-refractivity contribution in [2.75, 3.05) is 0 Å². The van der Waals surface area contributed by atoms with Gasteiger partial charge in [-0.15, -0.1) is 0 Å². The van der Waals surface area contributed by atoms with E-state index in [4.69, 9.17) is 0 Å². The molecule has 138 valence electrons. The van der Waals surface area contributed by atoms with Gasteiger partial charge in [-0.25, -0.2) is 4.39 Å². The number of hydrogen-bond donors (Lipinski definition) is 0. The molecular formula is C17H21F7. The van der Waals surface area contributed by atoms with E-state index in [1.807, 2.05) is 0 Å². The molecule has 7 atom stereocenters. The number of fused-ring (bicyclic) bond motifs is 9. The summed E-state index contributed by atoms with van der Waals surface area (Å²) in [5.74, 6) is 0.557. The lowest BCUT2D eigenvalue weighted by molar-refractivity contribution is -0.345. The van der Waals surface area contributed by atoms with Gasteiger partial charge >= 0.3 is 12.4 Å². The van der Waals surface area contributed by atoms with Crippen molar-refractivity contribution < 1.29 is 30.7 Å². The van der Waals surface area contributed by atoms with Gasteiger partial charge in [0, 0.05) is 6.42 Å². The van der Waals surface area contributed by atoms with Crippen molar-refractivity contribution in [1.29, 1.82) is 0 Å². The summed E-state index contributed by atoms with van der Waals surface area (Å²) in [4.78, 5) is 0. The Labute approximate surface area is 136 Å². The normalized spacial score (nSPS) is 47.5. The molecule has 4 aliphatic rings. The second-order valence-electron chi connectivity index (χ2n) is 8.83. The van der Waals surface area contributed by atoms with Gasteiger partial charge in [0.2, 0.25) is 0 Å². The van der Waals surface area contributed by atoms with Crippen LogP contribution < -0.4 is 0 Å². The molecule has 4 saturated carbocycles. The molecule has 0 amide bonds. The van der Waals surface area contributed by atoms with Crippen LogP contribution in [0.15, 0.2) is 0 Å². The summed E-state index contributed by atoms with van der Waals surface area (Å²) in [6.45, 7) is 0.124. The first kappa shape index (κ1) is 17.0. The van der Waals surface area contributed by atoms with Crippen LogP contribution >= 0.6 is 0 Å². The van der Waals surface area contributed by atoms with E-state index in [-0.39, 0.29) is 25.2 Å². The molecule has 4 fully saturated rings. The van der Waals surface area contributed by atoms with Crippen molar-refractivity contribution in [2.24, 2.45) is 40.9 Å². The molecule has 0 spiro atoms. The van der Waals surface area contributed by atoms with Crippen LogP contribution in [-0.4, -0.2) is 18.0 Å². The van der Waals surface area contributed by atoms with Gasteiger partial charge in [0.1, 0.15) is 5.67 Å². The van der Waals surface area contributed by atoms with E-state index in [0.717, 1.165) is 19.3 Å². The van der Waals surface area contributed by atoms with Crippen LogP contribution in [0.4, 0.5) is 30.7 Å². The number of halogens is 7. The second kappa shape index (κ2) is 4.61. The molecule has 4 aliphatic carbocycles. The third-order valence-corrected chi connectivity index (χ3v) is 7.78. The van der Waals surface area contributed by atoms with Crippen molar-refractivity contribution in [3.8, 4) is 0 Å². The van der Waals surface area contributed by atoms with Crippen LogP contribution in [0.5, 0.6) is 0 Å². The van der Waals surface area contributed by atoms with Crippen LogP contribution in [0.1, 0.15) is 45.4 Å². The van der Waals surface area contributed by atoms with Crippen molar-refractivity contribution in [3.05, 3.63) is 0 Å². The van der Waals surface area contributed by atoms with Gasteiger partial charge in [-0.1, -0.05) is 0 Å². The highest BCUT2D eigenvalue weighted by atomic mass is 19.4. The average Bonchev–Trinajstić information content (AvgIpc) is 3.11. The highest BCUT2D eigenvalue weighted by Crippen LogP contribution is 2.72. The first-order valence-electron chi connectivity index (χ1n) is 8.70. The molecule has 0 radical (unpaired) electrons. The van der Waals surface area contributed by atoms with Crippen LogP contribution in [0.2, 0.25) is 0 Å². The predicted molar refractivity (Wildman–Crippen MR) is 72.7 cm³/mol. The van der Waals surface area contributed by atoms with Gasteiger partial charge in [-0.3, -0.25) is 0 Å². The summed E-state index contributed by atoms with van der Waals surface area (Å²) >= 11 is 0. The fourth-order valence-electron chi connectivity index (χ4n) is 6.83. The highest BCUT2D eigenvalue weighted by Gasteiger charge is 2.74. The Kier molecular flexibility index (Phi) is 3.26. The number of hydrogen-bond acceptors (Lipinski definition) is 0. The Bertz CT molecular complexity index is 522. The summed E-state index contributed by atoms with van der Waals surface area (Å²) in [6.07, 6.45) is -9.07. The Morgan fingerprint density at radius 1 is 0.833 bits per heavy atom. The standard InChI is InChI=1S/C17H21F7/c1-14(16(19,20)21,17(22,23)24)7-15(18)6-10-5-11(15)13-9-3-2-8(4-9)12(10)13/h8-13H,2-7H2,1H3. The van der Waals surface area contributed by atoms with E-state index in [9.17, 15) is 26.3 Å². The number of rotatable bonds is 2. The van der Waals surface area contributed by atoms with Crippen LogP contribution in [0.25, 0.3) is 0 Å². The minimum absolute atomic E-state index is 0.0122. The molecule has 0 aromatic rings. The molecule has 0 aromatic heterocycles. The Morgan fingerprint density at radius 2 is 1.38 bits per heavy atom. The third kappa shape index (κ3) is 1.99. The lowest BCUT2D eigenvalue weighted by Gasteiger charge is -2.46. The maximum atomic E-state index is 15.5. The third-order valence-electron chi connectivity index (χ3n) is 7.78. The molecule has 0 saturated heterocycles. The number of alkyl halides is 7. The molecule has 0 aliphatic heterocycles. The van der Waals surface area contributed by atoms with Gasteiger partial charge in [0.25, 0.3) is 0 Å². The molecule has 7 unspecified atom stereocenters. The van der Waals surface area contributed by atoms with Crippen molar-refractivity contribution >= 4 is 0 Å². The van der Waals surface area contributed by atoms with E-state index in [1.54, 1.807) is 0 Å². The molecule has 0 aromatic carbocycles. The van der Waals surface area contributed by atoms with Crippen molar-refractivity contribution in [2.45, 2.75) is 63.5 Å². The largest absolute Gasteiger partial charge is 0.403 e. The molecule has 7 heteroatoms.